The molecule has 0 amide bonds. The summed E-state index contributed by atoms with van der Waals surface area (Å²) in [7, 11) is 5.42. The molecule has 0 aliphatic carbocycles. The van der Waals surface area contributed by atoms with Crippen LogP contribution in [0.1, 0.15) is 6.92 Å². The van der Waals surface area contributed by atoms with Crippen molar-refractivity contribution in [1.82, 2.24) is 4.90 Å². The molecule has 0 spiro atoms. The van der Waals surface area contributed by atoms with Crippen LogP contribution in [-0.4, -0.2) is 38.6 Å². The maximum atomic E-state index is 9.84. The first-order chi connectivity index (χ1) is 5.08. The standard InChI is InChI=1S/C4H11N.C4H6O2/c1-4-5(2)3;1-3-4(5)6-2/h4H2,1-3H3;3H,1H2,2H3. The highest BCUT2D eigenvalue weighted by molar-refractivity contribution is 5.80. The van der Waals surface area contributed by atoms with Crippen LogP contribution in [0.15, 0.2) is 12.7 Å². The van der Waals surface area contributed by atoms with Gasteiger partial charge in [0.15, 0.2) is 0 Å². The molecule has 0 unspecified atom stereocenters. The van der Waals surface area contributed by atoms with Crippen molar-refractivity contribution < 1.29 is 9.53 Å². The largest absolute Gasteiger partial charge is 0.466 e. The Morgan fingerprint density at radius 2 is 2.00 bits per heavy atom. The van der Waals surface area contributed by atoms with Crippen LogP contribution in [0, 0.1) is 0 Å². The number of hydrogen-bond acceptors (Lipinski definition) is 3. The molecular formula is C8H17NO2. The summed E-state index contributed by atoms with van der Waals surface area (Å²) in [4.78, 5) is 12.0. The number of nitrogens with zero attached hydrogens (tertiary/aromatic N) is 1. The molecule has 0 aromatic rings. The van der Waals surface area contributed by atoms with Gasteiger partial charge in [0.05, 0.1) is 7.11 Å². The highest BCUT2D eigenvalue weighted by atomic mass is 16.5. The number of methoxy groups -OCH3 is 1. The average Bonchev–Trinajstić information content (AvgIpc) is 2.04. The van der Waals surface area contributed by atoms with Gasteiger partial charge in [-0.15, -0.1) is 0 Å². The third-order valence-corrected chi connectivity index (χ3v) is 1.00. The van der Waals surface area contributed by atoms with Gasteiger partial charge in [0, 0.05) is 6.08 Å². The summed E-state index contributed by atoms with van der Waals surface area (Å²) in [6, 6.07) is 0. The van der Waals surface area contributed by atoms with Crippen LogP contribution in [0.25, 0.3) is 0 Å². The molecule has 0 rings (SSSR count). The molecule has 0 saturated heterocycles. The van der Waals surface area contributed by atoms with E-state index < -0.39 is 5.97 Å². The Bertz CT molecular complexity index is 111. The second kappa shape index (κ2) is 9.17. The maximum absolute atomic E-state index is 9.84. The predicted octanol–water partition coefficient (Wildman–Crippen LogP) is 0.913. The zero-order valence-corrected chi connectivity index (χ0v) is 7.76. The molecule has 0 saturated carbocycles. The second-order valence-electron chi connectivity index (χ2n) is 2.12. The molecule has 3 nitrogen and oxygen atoms in total. The zero-order valence-electron chi connectivity index (χ0n) is 7.76. The Balaban J connectivity index is 0. The van der Waals surface area contributed by atoms with E-state index in [-0.39, 0.29) is 0 Å². The van der Waals surface area contributed by atoms with Crippen molar-refractivity contribution in [2.45, 2.75) is 6.92 Å². The Hall–Kier alpha value is -0.830. The van der Waals surface area contributed by atoms with Crippen LogP contribution in [0.5, 0.6) is 0 Å². The van der Waals surface area contributed by atoms with Crippen molar-refractivity contribution in [3.05, 3.63) is 12.7 Å². The smallest absolute Gasteiger partial charge is 0.329 e. The molecule has 0 fully saturated rings. The van der Waals surface area contributed by atoms with E-state index in [4.69, 9.17) is 0 Å². The lowest BCUT2D eigenvalue weighted by atomic mass is 10.7. The van der Waals surface area contributed by atoms with Gasteiger partial charge in [0.1, 0.15) is 0 Å². The predicted molar refractivity (Wildman–Crippen MR) is 46.4 cm³/mol. The molecule has 0 N–H and O–H groups in total. The molecule has 0 aliphatic heterocycles. The molecule has 0 aromatic heterocycles. The highest BCUT2D eigenvalue weighted by Gasteiger charge is 1.81. The summed E-state index contributed by atoms with van der Waals surface area (Å²) in [6.45, 7) is 6.42. The van der Waals surface area contributed by atoms with Crippen LogP contribution in [0.3, 0.4) is 0 Å². The third-order valence-electron chi connectivity index (χ3n) is 1.00. The van der Waals surface area contributed by atoms with E-state index in [0.717, 1.165) is 12.6 Å². The first kappa shape index (κ1) is 12.8. The van der Waals surface area contributed by atoms with E-state index in [2.05, 4.69) is 37.2 Å². The number of carbonyl (C=O) groups excluding carboxylic acids is 1. The number of rotatable bonds is 2. The third kappa shape index (κ3) is 17.6. The molecule has 0 atom stereocenters. The molecule has 0 aromatic carbocycles. The van der Waals surface area contributed by atoms with Gasteiger partial charge in [-0.2, -0.15) is 0 Å². The Morgan fingerprint density at radius 1 is 1.64 bits per heavy atom. The highest BCUT2D eigenvalue weighted by Crippen LogP contribution is 1.67. The fourth-order valence-electron chi connectivity index (χ4n) is 0.0833. The van der Waals surface area contributed by atoms with Crippen LogP contribution in [-0.2, 0) is 9.53 Å². The van der Waals surface area contributed by atoms with Gasteiger partial charge in [0.2, 0.25) is 0 Å². The lowest BCUT2D eigenvalue weighted by Gasteiger charge is -2.00. The van der Waals surface area contributed by atoms with E-state index >= 15 is 0 Å². The zero-order chi connectivity index (χ0) is 9.28. The van der Waals surface area contributed by atoms with Crippen molar-refractivity contribution in [1.29, 1.82) is 0 Å². The van der Waals surface area contributed by atoms with Gasteiger partial charge in [-0.1, -0.05) is 13.5 Å². The SMILES string of the molecule is C=CC(=O)OC.CCN(C)C. The van der Waals surface area contributed by atoms with Crippen LogP contribution in [0.2, 0.25) is 0 Å². The van der Waals surface area contributed by atoms with Crippen molar-refractivity contribution in [2.24, 2.45) is 0 Å². The fraction of sp³-hybridized carbons (Fsp3) is 0.625. The summed E-state index contributed by atoms with van der Waals surface area (Å²) in [6.07, 6.45) is 1.11. The topological polar surface area (TPSA) is 29.5 Å². The molecule has 66 valence electrons. The van der Waals surface area contributed by atoms with E-state index in [1.807, 2.05) is 0 Å². The van der Waals surface area contributed by atoms with Crippen LogP contribution >= 0.6 is 0 Å². The monoisotopic (exact) mass is 159 g/mol. The molecule has 0 aliphatic rings. The summed E-state index contributed by atoms with van der Waals surface area (Å²) in [5, 5.41) is 0. The molecule has 0 bridgehead atoms. The van der Waals surface area contributed by atoms with Crippen molar-refractivity contribution in [3.8, 4) is 0 Å². The molecular weight excluding hydrogens is 142 g/mol. The Morgan fingerprint density at radius 3 is 2.00 bits per heavy atom. The second-order valence-corrected chi connectivity index (χ2v) is 2.12. The molecule has 11 heavy (non-hydrogen) atoms. The summed E-state index contributed by atoms with van der Waals surface area (Å²) < 4.78 is 4.14. The minimum absolute atomic E-state index is 0.394. The first-order valence-electron chi connectivity index (χ1n) is 3.43. The molecule has 3 heteroatoms. The van der Waals surface area contributed by atoms with E-state index in [1.54, 1.807) is 0 Å². The minimum atomic E-state index is -0.394. The van der Waals surface area contributed by atoms with Gasteiger partial charge in [-0.3, -0.25) is 0 Å². The van der Waals surface area contributed by atoms with E-state index in [0.29, 0.717) is 0 Å². The van der Waals surface area contributed by atoms with E-state index in [9.17, 15) is 4.79 Å². The van der Waals surface area contributed by atoms with Crippen LogP contribution < -0.4 is 0 Å². The van der Waals surface area contributed by atoms with E-state index in [1.165, 1.54) is 7.11 Å². The van der Waals surface area contributed by atoms with Gasteiger partial charge in [-0.05, 0) is 20.6 Å². The maximum Gasteiger partial charge on any atom is 0.329 e. The number of carbonyl (C=O) groups is 1. The minimum Gasteiger partial charge on any atom is -0.466 e. The lowest BCUT2D eigenvalue weighted by Crippen LogP contribution is -2.08. The summed E-state index contributed by atoms with van der Waals surface area (Å²) >= 11 is 0. The number of esters is 1. The molecule has 0 heterocycles. The normalized spacial score (nSPS) is 8.09. The van der Waals surface area contributed by atoms with Gasteiger partial charge in [0.25, 0.3) is 0 Å². The Kier molecular flexibility index (Phi) is 10.7. The quantitative estimate of drug-likeness (QED) is 0.443. The van der Waals surface area contributed by atoms with Crippen LogP contribution in [0.4, 0.5) is 0 Å². The van der Waals surface area contributed by atoms with Gasteiger partial charge >= 0.3 is 5.97 Å². The summed E-state index contributed by atoms with van der Waals surface area (Å²) in [5.41, 5.74) is 0. The number of ether oxygens (including phenoxy) is 1. The number of hydrogen-bond donors (Lipinski definition) is 0. The van der Waals surface area contributed by atoms with Crippen molar-refractivity contribution in [2.75, 3.05) is 27.7 Å². The van der Waals surface area contributed by atoms with Crippen molar-refractivity contribution in [3.63, 3.8) is 0 Å². The Labute approximate surface area is 68.6 Å². The molecule has 0 radical (unpaired) electrons. The lowest BCUT2D eigenvalue weighted by molar-refractivity contribution is -0.134. The summed E-state index contributed by atoms with van der Waals surface area (Å²) in [5.74, 6) is -0.394. The van der Waals surface area contributed by atoms with Gasteiger partial charge in [-0.25, -0.2) is 4.79 Å². The van der Waals surface area contributed by atoms with Gasteiger partial charge < -0.3 is 9.64 Å². The fourth-order valence-corrected chi connectivity index (χ4v) is 0.0833. The average molecular weight is 159 g/mol. The first-order valence-corrected chi connectivity index (χ1v) is 3.43. The van der Waals surface area contributed by atoms with Crippen molar-refractivity contribution >= 4 is 5.97 Å².